The lowest BCUT2D eigenvalue weighted by atomic mass is 9.86. The summed E-state index contributed by atoms with van der Waals surface area (Å²) in [7, 11) is 1.65. The molecule has 5 heteroatoms. The molecule has 0 bridgehead atoms. The fraction of sp³-hybridized carbons (Fsp3) is 0.679. The van der Waals surface area contributed by atoms with E-state index in [1.54, 1.807) is 13.2 Å². The van der Waals surface area contributed by atoms with E-state index in [1.165, 1.54) is 26.2 Å². The molecule has 0 amide bonds. The molecule has 33 heavy (non-hydrogen) atoms. The number of carbonyl (C=O) groups is 1. The van der Waals surface area contributed by atoms with E-state index in [9.17, 15) is 9.90 Å². The Morgan fingerprint density at radius 2 is 1.79 bits per heavy atom. The number of unbranched alkanes of at least 4 members (excludes halogenated alkanes) is 1. The van der Waals surface area contributed by atoms with Crippen molar-refractivity contribution in [2.75, 3.05) is 20.3 Å². The number of benzene rings is 1. The lowest BCUT2D eigenvalue weighted by Gasteiger charge is -2.23. The van der Waals surface area contributed by atoms with Crippen LogP contribution in [0, 0.1) is 17.8 Å². The second kappa shape index (κ2) is 17.6. The predicted molar refractivity (Wildman–Crippen MR) is 135 cm³/mol. The van der Waals surface area contributed by atoms with Gasteiger partial charge in [0, 0.05) is 6.92 Å². The van der Waals surface area contributed by atoms with Gasteiger partial charge in [-0.15, -0.1) is 0 Å². The standard InChI is InChI=1S/C28H46O5/c1-6-8-9-26(20-22(3)10-11-24(7-2)18-19-32-23(4)29)21-33-28(30)17-14-25-12-15-27(31-5)16-13-25/h12-17,22,24,26,28,30H,6-11,18-21H2,1-5H3/b17-14+. The van der Waals surface area contributed by atoms with Crippen LogP contribution in [0.25, 0.3) is 6.08 Å². The number of rotatable bonds is 18. The number of methoxy groups -OCH3 is 1. The van der Waals surface area contributed by atoms with Crippen LogP contribution in [0.3, 0.4) is 0 Å². The molecule has 0 spiro atoms. The van der Waals surface area contributed by atoms with Gasteiger partial charge in [-0.25, -0.2) is 0 Å². The molecular weight excluding hydrogens is 416 g/mol. The van der Waals surface area contributed by atoms with Crippen molar-refractivity contribution >= 4 is 12.0 Å². The molecule has 1 N–H and O–H groups in total. The first-order valence-corrected chi connectivity index (χ1v) is 12.6. The monoisotopic (exact) mass is 462 g/mol. The largest absolute Gasteiger partial charge is 0.497 e. The molecule has 1 aromatic rings. The van der Waals surface area contributed by atoms with E-state index in [-0.39, 0.29) is 5.97 Å². The van der Waals surface area contributed by atoms with E-state index in [4.69, 9.17) is 14.2 Å². The van der Waals surface area contributed by atoms with Crippen molar-refractivity contribution in [1.29, 1.82) is 0 Å². The van der Waals surface area contributed by atoms with Gasteiger partial charge in [-0.2, -0.15) is 0 Å². The Morgan fingerprint density at radius 3 is 2.39 bits per heavy atom. The van der Waals surface area contributed by atoms with Gasteiger partial charge in [-0.1, -0.05) is 71.1 Å². The normalized spacial score (nSPS) is 15.2. The molecule has 0 aliphatic heterocycles. The number of carbonyl (C=O) groups excluding carboxylic acids is 1. The highest BCUT2D eigenvalue weighted by Crippen LogP contribution is 2.26. The molecule has 0 aliphatic carbocycles. The highest BCUT2D eigenvalue weighted by molar-refractivity contribution is 5.65. The minimum absolute atomic E-state index is 0.196. The molecule has 4 atom stereocenters. The summed E-state index contributed by atoms with van der Waals surface area (Å²) in [5.74, 6) is 2.27. The van der Waals surface area contributed by atoms with E-state index in [0.717, 1.165) is 43.4 Å². The summed E-state index contributed by atoms with van der Waals surface area (Å²) in [5, 5.41) is 10.3. The van der Waals surface area contributed by atoms with E-state index in [1.807, 2.05) is 30.3 Å². The summed E-state index contributed by atoms with van der Waals surface area (Å²) in [6, 6.07) is 7.69. The molecule has 1 rings (SSSR count). The van der Waals surface area contributed by atoms with Gasteiger partial charge in [0.25, 0.3) is 0 Å². The third-order valence-corrected chi connectivity index (χ3v) is 6.25. The van der Waals surface area contributed by atoms with Crippen LogP contribution in [-0.2, 0) is 14.3 Å². The van der Waals surface area contributed by atoms with Gasteiger partial charge >= 0.3 is 5.97 Å². The van der Waals surface area contributed by atoms with Gasteiger partial charge in [0.1, 0.15) is 5.75 Å². The maximum absolute atomic E-state index is 11.0. The first kappa shape index (κ1) is 29.2. The van der Waals surface area contributed by atoms with Crippen molar-refractivity contribution in [2.45, 2.75) is 85.4 Å². The van der Waals surface area contributed by atoms with Gasteiger partial charge in [-0.3, -0.25) is 4.79 Å². The molecule has 0 saturated carbocycles. The van der Waals surface area contributed by atoms with Crippen molar-refractivity contribution in [3.63, 3.8) is 0 Å². The quantitative estimate of drug-likeness (QED) is 0.196. The van der Waals surface area contributed by atoms with Gasteiger partial charge in [0.05, 0.1) is 20.3 Å². The van der Waals surface area contributed by atoms with E-state index < -0.39 is 6.29 Å². The molecule has 188 valence electrons. The Kier molecular flexibility index (Phi) is 15.6. The van der Waals surface area contributed by atoms with Crippen molar-refractivity contribution in [2.24, 2.45) is 17.8 Å². The first-order valence-electron chi connectivity index (χ1n) is 12.6. The SMILES string of the molecule is CCCCC(COC(O)/C=C/c1ccc(OC)cc1)CC(C)CCC(CC)CCOC(C)=O. The molecule has 1 aromatic carbocycles. The summed E-state index contributed by atoms with van der Waals surface area (Å²) in [6.45, 7) is 9.30. The number of ether oxygens (including phenoxy) is 3. The molecule has 0 radical (unpaired) electrons. The van der Waals surface area contributed by atoms with Crippen LogP contribution in [0.5, 0.6) is 5.75 Å². The van der Waals surface area contributed by atoms with Crippen LogP contribution in [0.2, 0.25) is 0 Å². The third kappa shape index (κ3) is 14.1. The second-order valence-corrected chi connectivity index (χ2v) is 9.19. The Morgan fingerprint density at radius 1 is 1.06 bits per heavy atom. The van der Waals surface area contributed by atoms with Crippen molar-refractivity contribution in [3.8, 4) is 5.75 Å². The van der Waals surface area contributed by atoms with Crippen LogP contribution in [-0.4, -0.2) is 37.7 Å². The van der Waals surface area contributed by atoms with Gasteiger partial charge < -0.3 is 19.3 Å². The summed E-state index contributed by atoms with van der Waals surface area (Å²) in [4.78, 5) is 11.0. The second-order valence-electron chi connectivity index (χ2n) is 9.19. The number of hydrogen-bond acceptors (Lipinski definition) is 5. The average molecular weight is 463 g/mol. The fourth-order valence-corrected chi connectivity index (χ4v) is 4.09. The Balaban J connectivity index is 2.45. The first-order chi connectivity index (χ1) is 15.9. The third-order valence-electron chi connectivity index (χ3n) is 6.25. The maximum Gasteiger partial charge on any atom is 0.302 e. The van der Waals surface area contributed by atoms with E-state index >= 15 is 0 Å². The van der Waals surface area contributed by atoms with Gasteiger partial charge in [-0.05, 0) is 60.8 Å². The number of hydrogen-bond donors (Lipinski definition) is 1. The van der Waals surface area contributed by atoms with Crippen LogP contribution in [0.1, 0.15) is 84.6 Å². The zero-order chi connectivity index (χ0) is 24.5. The minimum atomic E-state index is -0.905. The lowest BCUT2D eigenvalue weighted by Crippen LogP contribution is -2.19. The number of aliphatic hydroxyl groups is 1. The van der Waals surface area contributed by atoms with E-state index in [0.29, 0.717) is 31.0 Å². The van der Waals surface area contributed by atoms with Crippen LogP contribution >= 0.6 is 0 Å². The van der Waals surface area contributed by atoms with Crippen molar-refractivity contribution in [1.82, 2.24) is 0 Å². The molecule has 4 unspecified atom stereocenters. The predicted octanol–water partition coefficient (Wildman–Crippen LogP) is 6.64. The maximum atomic E-state index is 11.0. The van der Waals surface area contributed by atoms with Crippen LogP contribution in [0.15, 0.2) is 30.3 Å². The van der Waals surface area contributed by atoms with Crippen LogP contribution < -0.4 is 4.74 Å². The molecular formula is C28H46O5. The molecule has 0 fully saturated rings. The molecule has 0 aromatic heterocycles. The number of aliphatic hydroxyl groups excluding tert-OH is 1. The molecule has 0 saturated heterocycles. The fourth-order valence-electron chi connectivity index (χ4n) is 4.09. The average Bonchev–Trinajstić information content (AvgIpc) is 2.81. The Hall–Kier alpha value is -1.85. The molecule has 0 aliphatic rings. The summed E-state index contributed by atoms with van der Waals surface area (Å²) in [5.41, 5.74) is 0.994. The topological polar surface area (TPSA) is 65.0 Å². The van der Waals surface area contributed by atoms with Gasteiger partial charge in [0.2, 0.25) is 0 Å². The zero-order valence-electron chi connectivity index (χ0n) is 21.4. The zero-order valence-corrected chi connectivity index (χ0v) is 21.4. The Labute approximate surface area is 201 Å². The summed E-state index contributed by atoms with van der Waals surface area (Å²) >= 11 is 0. The summed E-state index contributed by atoms with van der Waals surface area (Å²) < 4.78 is 16.1. The van der Waals surface area contributed by atoms with Crippen molar-refractivity contribution in [3.05, 3.63) is 35.9 Å². The minimum Gasteiger partial charge on any atom is -0.497 e. The number of esters is 1. The molecule has 5 nitrogen and oxygen atoms in total. The Bertz CT molecular complexity index is 655. The molecule has 0 heterocycles. The summed E-state index contributed by atoms with van der Waals surface area (Å²) in [6.07, 6.45) is 11.6. The van der Waals surface area contributed by atoms with E-state index in [2.05, 4.69) is 20.8 Å². The van der Waals surface area contributed by atoms with Crippen molar-refractivity contribution < 1.29 is 24.1 Å². The van der Waals surface area contributed by atoms with Gasteiger partial charge in [0.15, 0.2) is 6.29 Å². The highest BCUT2D eigenvalue weighted by atomic mass is 16.6. The lowest BCUT2D eigenvalue weighted by molar-refractivity contribution is -0.141. The highest BCUT2D eigenvalue weighted by Gasteiger charge is 2.17. The smallest absolute Gasteiger partial charge is 0.302 e. The van der Waals surface area contributed by atoms with Crippen LogP contribution in [0.4, 0.5) is 0 Å².